The van der Waals surface area contributed by atoms with Crippen LogP contribution in [0.4, 0.5) is 15.8 Å². The van der Waals surface area contributed by atoms with E-state index in [1.165, 1.54) is 6.07 Å². The van der Waals surface area contributed by atoms with Gasteiger partial charge in [-0.1, -0.05) is 24.3 Å². The molecule has 0 saturated carbocycles. The van der Waals surface area contributed by atoms with Crippen molar-refractivity contribution in [1.29, 1.82) is 0 Å². The monoisotopic (exact) mass is 619 g/mol. The number of benzene rings is 3. The summed E-state index contributed by atoms with van der Waals surface area (Å²) in [5.41, 5.74) is 9.44. The summed E-state index contributed by atoms with van der Waals surface area (Å²) in [6, 6.07) is 16.8. The number of primary amides is 1. The van der Waals surface area contributed by atoms with Crippen LogP contribution in [0.2, 0.25) is 0 Å². The number of aromatic nitrogens is 2. The van der Waals surface area contributed by atoms with E-state index >= 15 is 4.39 Å². The standard InChI is InChI=1S/C35H34FN7O3/c1-41-15-17-43(18-16-41)35(46)21-7-9-25-29(19-21)39-32-26(33(37)44)11-10-23(30(25)32)24-5-4-6-27(31(24)36)40-34(45)28-12-8-22(20-38-28)42-13-2-3-14-42/h4-12,19-20,39H,2-3,13-18H2,1H3,(H2,37,44)(H,40,45). The molecule has 3 aromatic carbocycles. The Morgan fingerprint density at radius 2 is 1.70 bits per heavy atom. The number of rotatable bonds is 6. The second kappa shape index (κ2) is 11.9. The van der Waals surface area contributed by atoms with Gasteiger partial charge in [0.2, 0.25) is 0 Å². The van der Waals surface area contributed by atoms with Crippen molar-refractivity contribution in [3.8, 4) is 11.1 Å². The summed E-state index contributed by atoms with van der Waals surface area (Å²) >= 11 is 0. The first-order valence-electron chi connectivity index (χ1n) is 15.5. The highest BCUT2D eigenvalue weighted by atomic mass is 19.1. The number of likely N-dealkylation sites (N-methyl/N-ethyl adjacent to an activating group) is 1. The van der Waals surface area contributed by atoms with Crippen LogP contribution in [0.3, 0.4) is 0 Å². The molecule has 4 heterocycles. The summed E-state index contributed by atoms with van der Waals surface area (Å²) in [7, 11) is 2.03. The number of nitrogens with one attached hydrogen (secondary N) is 2. The Balaban J connectivity index is 1.23. The zero-order valence-corrected chi connectivity index (χ0v) is 25.5. The number of aromatic amines is 1. The molecule has 2 fully saturated rings. The molecule has 2 saturated heterocycles. The van der Waals surface area contributed by atoms with Gasteiger partial charge in [-0.2, -0.15) is 0 Å². The number of carbonyl (C=O) groups excluding carboxylic acids is 3. The lowest BCUT2D eigenvalue weighted by Crippen LogP contribution is -2.47. The van der Waals surface area contributed by atoms with Gasteiger partial charge in [-0.3, -0.25) is 14.4 Å². The van der Waals surface area contributed by atoms with Crippen LogP contribution in [-0.4, -0.2) is 83.8 Å². The van der Waals surface area contributed by atoms with E-state index in [2.05, 4.69) is 25.1 Å². The fraction of sp³-hybridized carbons (Fsp3) is 0.257. The molecular formula is C35H34FN7O3. The van der Waals surface area contributed by atoms with E-state index in [1.54, 1.807) is 48.7 Å². The summed E-state index contributed by atoms with van der Waals surface area (Å²) in [4.78, 5) is 52.6. The number of fused-ring (bicyclic) bond motifs is 3. The van der Waals surface area contributed by atoms with Crippen LogP contribution < -0.4 is 16.0 Å². The van der Waals surface area contributed by atoms with Crippen LogP contribution in [0.15, 0.2) is 66.9 Å². The number of carbonyl (C=O) groups is 3. The Bertz CT molecular complexity index is 1990. The predicted molar refractivity (Wildman–Crippen MR) is 177 cm³/mol. The number of amides is 3. The summed E-state index contributed by atoms with van der Waals surface area (Å²) in [5.74, 6) is -1.86. The largest absolute Gasteiger partial charge is 0.370 e. The molecule has 0 bridgehead atoms. The average molecular weight is 620 g/mol. The molecule has 0 atom stereocenters. The molecule has 234 valence electrons. The second-order valence-corrected chi connectivity index (χ2v) is 12.0. The average Bonchev–Trinajstić information content (AvgIpc) is 3.74. The van der Waals surface area contributed by atoms with Crippen molar-refractivity contribution in [2.24, 2.45) is 5.73 Å². The number of halogens is 1. The Kier molecular flexibility index (Phi) is 7.61. The van der Waals surface area contributed by atoms with E-state index in [9.17, 15) is 14.4 Å². The zero-order chi connectivity index (χ0) is 31.9. The zero-order valence-electron chi connectivity index (χ0n) is 25.5. The summed E-state index contributed by atoms with van der Waals surface area (Å²) < 4.78 is 16.2. The molecule has 2 aliphatic rings. The molecule has 0 spiro atoms. The van der Waals surface area contributed by atoms with Crippen LogP contribution in [0.5, 0.6) is 0 Å². The Morgan fingerprint density at radius 3 is 2.41 bits per heavy atom. The van der Waals surface area contributed by atoms with Gasteiger partial charge in [-0.25, -0.2) is 9.37 Å². The lowest BCUT2D eigenvalue weighted by atomic mass is 9.95. The maximum atomic E-state index is 16.2. The molecule has 3 amide bonds. The van der Waals surface area contributed by atoms with E-state index in [4.69, 9.17) is 5.73 Å². The predicted octanol–water partition coefficient (Wildman–Crippen LogP) is 4.86. The molecule has 2 aliphatic heterocycles. The fourth-order valence-corrected chi connectivity index (χ4v) is 6.47. The molecule has 10 nitrogen and oxygen atoms in total. The number of hydrogen-bond acceptors (Lipinski definition) is 6. The van der Waals surface area contributed by atoms with E-state index in [-0.39, 0.29) is 28.4 Å². The van der Waals surface area contributed by atoms with Crippen LogP contribution in [0.25, 0.3) is 32.9 Å². The summed E-state index contributed by atoms with van der Waals surface area (Å²) in [6.07, 6.45) is 3.93. The van der Waals surface area contributed by atoms with Crippen molar-refractivity contribution in [1.82, 2.24) is 19.8 Å². The highest BCUT2D eigenvalue weighted by molar-refractivity contribution is 6.20. The van der Waals surface area contributed by atoms with Gasteiger partial charge in [0.25, 0.3) is 17.7 Å². The van der Waals surface area contributed by atoms with E-state index < -0.39 is 17.6 Å². The quantitative estimate of drug-likeness (QED) is 0.249. The highest BCUT2D eigenvalue weighted by Crippen LogP contribution is 2.39. The van der Waals surface area contributed by atoms with Gasteiger partial charge in [0, 0.05) is 66.7 Å². The van der Waals surface area contributed by atoms with Gasteiger partial charge in [0.15, 0.2) is 5.82 Å². The number of pyridine rings is 1. The third-order valence-electron chi connectivity index (χ3n) is 9.05. The number of nitrogens with zero attached hydrogens (tertiary/aromatic N) is 4. The normalized spacial score (nSPS) is 15.5. The van der Waals surface area contributed by atoms with Gasteiger partial charge in [0.05, 0.1) is 28.7 Å². The molecule has 7 rings (SSSR count). The number of piperazine rings is 1. The van der Waals surface area contributed by atoms with Gasteiger partial charge in [0.1, 0.15) is 5.69 Å². The molecule has 0 aliphatic carbocycles. The van der Waals surface area contributed by atoms with Crippen molar-refractivity contribution < 1.29 is 18.8 Å². The van der Waals surface area contributed by atoms with Crippen molar-refractivity contribution in [3.63, 3.8) is 0 Å². The highest BCUT2D eigenvalue weighted by Gasteiger charge is 2.24. The molecule has 46 heavy (non-hydrogen) atoms. The summed E-state index contributed by atoms with van der Waals surface area (Å²) in [6.45, 7) is 4.82. The topological polar surface area (TPSA) is 128 Å². The van der Waals surface area contributed by atoms with E-state index in [0.29, 0.717) is 46.0 Å². The summed E-state index contributed by atoms with van der Waals surface area (Å²) in [5, 5.41) is 3.97. The van der Waals surface area contributed by atoms with Crippen LogP contribution in [0, 0.1) is 5.82 Å². The lowest BCUT2D eigenvalue weighted by molar-refractivity contribution is 0.0664. The Morgan fingerprint density at radius 1 is 0.913 bits per heavy atom. The molecule has 0 unspecified atom stereocenters. The molecule has 2 aromatic heterocycles. The van der Waals surface area contributed by atoms with Crippen LogP contribution >= 0.6 is 0 Å². The van der Waals surface area contributed by atoms with E-state index in [1.807, 2.05) is 24.1 Å². The Hall–Kier alpha value is -5.29. The number of anilines is 2. The van der Waals surface area contributed by atoms with Crippen molar-refractivity contribution in [2.75, 3.05) is 56.5 Å². The fourth-order valence-electron chi connectivity index (χ4n) is 6.47. The minimum Gasteiger partial charge on any atom is -0.370 e. The number of H-pyrrole nitrogens is 1. The smallest absolute Gasteiger partial charge is 0.274 e. The van der Waals surface area contributed by atoms with Gasteiger partial charge < -0.3 is 30.7 Å². The first-order valence-corrected chi connectivity index (χ1v) is 15.5. The molecule has 11 heteroatoms. The molecule has 0 radical (unpaired) electrons. The van der Waals surface area contributed by atoms with Crippen LogP contribution in [0.1, 0.15) is 44.0 Å². The van der Waals surface area contributed by atoms with Crippen molar-refractivity contribution in [2.45, 2.75) is 12.8 Å². The van der Waals surface area contributed by atoms with Crippen LogP contribution in [-0.2, 0) is 0 Å². The maximum absolute atomic E-state index is 16.2. The lowest BCUT2D eigenvalue weighted by Gasteiger charge is -2.32. The SMILES string of the molecule is CN1CCN(C(=O)c2ccc3c(c2)[nH]c2c(C(N)=O)ccc(-c4cccc(NC(=O)c5ccc(N6CCCC6)cn5)c4F)c23)CC1. The first-order chi connectivity index (χ1) is 22.3. The van der Waals surface area contributed by atoms with Gasteiger partial charge >= 0.3 is 0 Å². The number of hydrogen-bond donors (Lipinski definition) is 3. The molecular weight excluding hydrogens is 585 g/mol. The maximum Gasteiger partial charge on any atom is 0.274 e. The Labute approximate surface area is 265 Å². The number of nitrogens with two attached hydrogens (primary N) is 1. The van der Waals surface area contributed by atoms with Gasteiger partial charge in [-0.15, -0.1) is 0 Å². The molecule has 4 N–H and O–H groups in total. The second-order valence-electron chi connectivity index (χ2n) is 12.0. The molecule has 5 aromatic rings. The van der Waals surface area contributed by atoms with Crippen molar-refractivity contribution >= 4 is 50.9 Å². The van der Waals surface area contributed by atoms with E-state index in [0.717, 1.165) is 44.7 Å². The third kappa shape index (κ3) is 5.32. The first kappa shape index (κ1) is 29.4. The van der Waals surface area contributed by atoms with Crippen molar-refractivity contribution in [3.05, 3.63) is 89.5 Å². The van der Waals surface area contributed by atoms with Gasteiger partial charge in [-0.05, 0) is 61.9 Å². The third-order valence-corrected chi connectivity index (χ3v) is 9.05. The minimum atomic E-state index is -0.637. The minimum absolute atomic E-state index is 0.0000483.